The molecule has 76 valence electrons. The lowest BCUT2D eigenvalue weighted by Gasteiger charge is -2.05. The molecule has 0 radical (unpaired) electrons. The summed E-state index contributed by atoms with van der Waals surface area (Å²) in [5, 5.41) is 0.125. The molecule has 0 aromatic carbocycles. The van der Waals surface area contributed by atoms with Gasteiger partial charge in [0.25, 0.3) is 6.43 Å². The standard InChI is InChI=1S/C8H5BrF3NO/c9-2-4-1-6(7(10)11)13-8(12)5(4)3-14/h1,3,7H,2H2. The summed E-state index contributed by atoms with van der Waals surface area (Å²) in [7, 11) is 0. The Bertz CT molecular complexity index is 357. The zero-order valence-corrected chi connectivity index (χ0v) is 8.39. The van der Waals surface area contributed by atoms with E-state index in [9.17, 15) is 18.0 Å². The van der Waals surface area contributed by atoms with Gasteiger partial charge in [-0.05, 0) is 11.6 Å². The number of rotatable bonds is 3. The average Bonchev–Trinajstić information content (AvgIpc) is 2.16. The van der Waals surface area contributed by atoms with Gasteiger partial charge in [0.2, 0.25) is 5.95 Å². The smallest absolute Gasteiger partial charge is 0.280 e. The monoisotopic (exact) mass is 267 g/mol. The maximum absolute atomic E-state index is 13.0. The molecule has 0 saturated heterocycles. The predicted octanol–water partition coefficient (Wildman–Crippen LogP) is 2.87. The Labute approximate surface area is 86.3 Å². The highest BCUT2D eigenvalue weighted by atomic mass is 79.9. The maximum Gasteiger partial charge on any atom is 0.280 e. The van der Waals surface area contributed by atoms with Crippen molar-refractivity contribution < 1.29 is 18.0 Å². The number of halogens is 4. The van der Waals surface area contributed by atoms with Gasteiger partial charge >= 0.3 is 0 Å². The highest BCUT2D eigenvalue weighted by Crippen LogP contribution is 2.22. The molecule has 6 heteroatoms. The lowest BCUT2D eigenvalue weighted by Crippen LogP contribution is -2.02. The number of nitrogens with zero attached hydrogens (tertiary/aromatic N) is 1. The second kappa shape index (κ2) is 4.54. The van der Waals surface area contributed by atoms with E-state index in [2.05, 4.69) is 20.9 Å². The third-order valence-electron chi connectivity index (χ3n) is 1.60. The van der Waals surface area contributed by atoms with Crippen LogP contribution in [-0.4, -0.2) is 11.3 Å². The van der Waals surface area contributed by atoms with E-state index in [0.717, 1.165) is 6.07 Å². The SMILES string of the molecule is O=Cc1c(CBr)cc(C(F)F)nc1F. The molecule has 1 heterocycles. The van der Waals surface area contributed by atoms with Crippen molar-refractivity contribution in [3.8, 4) is 0 Å². The molecule has 14 heavy (non-hydrogen) atoms. The summed E-state index contributed by atoms with van der Waals surface area (Å²) in [6.45, 7) is 0. The molecule has 0 aliphatic rings. The number of aldehydes is 1. The molecule has 0 unspecified atom stereocenters. The summed E-state index contributed by atoms with van der Waals surface area (Å²) in [6.07, 6.45) is -2.59. The molecular weight excluding hydrogens is 263 g/mol. The van der Waals surface area contributed by atoms with Crippen LogP contribution in [0.15, 0.2) is 6.07 Å². The Morgan fingerprint density at radius 3 is 2.64 bits per heavy atom. The minimum absolute atomic E-state index is 0.125. The number of hydrogen-bond donors (Lipinski definition) is 0. The normalized spacial score (nSPS) is 10.6. The Hall–Kier alpha value is -0.910. The van der Waals surface area contributed by atoms with Gasteiger partial charge in [0.05, 0.1) is 5.56 Å². The van der Waals surface area contributed by atoms with E-state index in [1.807, 2.05) is 0 Å². The highest BCUT2D eigenvalue weighted by molar-refractivity contribution is 9.08. The molecule has 0 N–H and O–H groups in total. The van der Waals surface area contributed by atoms with Gasteiger partial charge in [0.15, 0.2) is 6.29 Å². The van der Waals surface area contributed by atoms with Crippen molar-refractivity contribution in [1.29, 1.82) is 0 Å². The first-order valence-electron chi connectivity index (χ1n) is 3.58. The van der Waals surface area contributed by atoms with Gasteiger partial charge in [-0.25, -0.2) is 13.8 Å². The summed E-state index contributed by atoms with van der Waals surface area (Å²) >= 11 is 2.97. The summed E-state index contributed by atoms with van der Waals surface area (Å²) in [5.41, 5.74) is -0.781. The van der Waals surface area contributed by atoms with E-state index in [4.69, 9.17) is 0 Å². The van der Waals surface area contributed by atoms with Crippen molar-refractivity contribution in [2.45, 2.75) is 11.8 Å². The lowest BCUT2D eigenvalue weighted by molar-refractivity contribution is 0.111. The predicted molar refractivity (Wildman–Crippen MR) is 47.2 cm³/mol. The summed E-state index contributed by atoms with van der Waals surface area (Å²) in [5.74, 6) is -1.16. The van der Waals surface area contributed by atoms with Crippen LogP contribution in [0.1, 0.15) is 28.0 Å². The molecular formula is C8H5BrF3NO. The first-order chi connectivity index (χ1) is 6.60. The van der Waals surface area contributed by atoms with Crippen LogP contribution in [0.2, 0.25) is 0 Å². The van der Waals surface area contributed by atoms with Gasteiger partial charge in [-0.3, -0.25) is 4.79 Å². The van der Waals surface area contributed by atoms with Crippen molar-refractivity contribution in [2.75, 3.05) is 0 Å². The Morgan fingerprint density at radius 1 is 1.57 bits per heavy atom. The fraction of sp³-hybridized carbons (Fsp3) is 0.250. The fourth-order valence-corrected chi connectivity index (χ4v) is 1.41. The third-order valence-corrected chi connectivity index (χ3v) is 2.21. The van der Waals surface area contributed by atoms with Crippen LogP contribution in [-0.2, 0) is 5.33 Å². The van der Waals surface area contributed by atoms with E-state index >= 15 is 0 Å². The molecule has 0 bridgehead atoms. The molecule has 0 spiro atoms. The van der Waals surface area contributed by atoms with Gasteiger partial charge in [-0.15, -0.1) is 0 Å². The lowest BCUT2D eigenvalue weighted by atomic mass is 10.1. The molecule has 0 amide bonds. The van der Waals surface area contributed by atoms with E-state index in [1.54, 1.807) is 0 Å². The molecule has 0 saturated carbocycles. The summed E-state index contributed by atoms with van der Waals surface area (Å²) in [4.78, 5) is 13.4. The molecule has 0 atom stereocenters. The van der Waals surface area contributed by atoms with Gasteiger partial charge in [0.1, 0.15) is 5.69 Å². The zero-order valence-electron chi connectivity index (χ0n) is 6.81. The second-order valence-electron chi connectivity index (χ2n) is 2.46. The van der Waals surface area contributed by atoms with Crippen LogP contribution >= 0.6 is 15.9 Å². The highest BCUT2D eigenvalue weighted by Gasteiger charge is 2.16. The minimum Gasteiger partial charge on any atom is -0.298 e. The number of carbonyl (C=O) groups is 1. The number of alkyl halides is 3. The number of aromatic nitrogens is 1. The van der Waals surface area contributed by atoms with Crippen molar-refractivity contribution in [1.82, 2.24) is 4.98 Å². The number of hydrogen-bond acceptors (Lipinski definition) is 2. The molecule has 0 aliphatic carbocycles. The van der Waals surface area contributed by atoms with Gasteiger partial charge < -0.3 is 0 Å². The second-order valence-corrected chi connectivity index (χ2v) is 3.02. The van der Waals surface area contributed by atoms with Crippen molar-refractivity contribution >= 4 is 22.2 Å². The van der Waals surface area contributed by atoms with Crippen molar-refractivity contribution in [3.63, 3.8) is 0 Å². The van der Waals surface area contributed by atoms with Crippen LogP contribution < -0.4 is 0 Å². The Kier molecular flexibility index (Phi) is 3.62. The first kappa shape index (κ1) is 11.2. The average molecular weight is 268 g/mol. The Morgan fingerprint density at radius 2 is 2.21 bits per heavy atom. The molecule has 1 rings (SSSR count). The van der Waals surface area contributed by atoms with E-state index in [1.165, 1.54) is 0 Å². The van der Waals surface area contributed by atoms with Gasteiger partial charge in [-0.1, -0.05) is 15.9 Å². The molecule has 0 aliphatic heterocycles. The maximum atomic E-state index is 13.0. The number of carbonyl (C=O) groups excluding carboxylic acids is 1. The van der Waals surface area contributed by atoms with Gasteiger partial charge in [-0.2, -0.15) is 4.39 Å². The van der Waals surface area contributed by atoms with Crippen molar-refractivity contribution in [2.24, 2.45) is 0 Å². The quantitative estimate of drug-likeness (QED) is 0.479. The molecule has 0 fully saturated rings. The zero-order chi connectivity index (χ0) is 10.7. The first-order valence-corrected chi connectivity index (χ1v) is 4.71. The van der Waals surface area contributed by atoms with Crippen molar-refractivity contribution in [3.05, 3.63) is 28.8 Å². The third kappa shape index (κ3) is 2.12. The molecule has 1 aromatic rings. The van der Waals surface area contributed by atoms with E-state index in [0.29, 0.717) is 0 Å². The largest absolute Gasteiger partial charge is 0.298 e. The van der Waals surface area contributed by atoms with Crippen LogP contribution in [0.25, 0.3) is 0 Å². The van der Waals surface area contributed by atoms with Gasteiger partial charge in [0, 0.05) is 5.33 Å². The molecule has 2 nitrogen and oxygen atoms in total. The summed E-state index contributed by atoms with van der Waals surface area (Å²) in [6, 6.07) is 1.01. The van der Waals surface area contributed by atoms with Crippen LogP contribution in [0.3, 0.4) is 0 Å². The van der Waals surface area contributed by atoms with Crippen LogP contribution in [0, 0.1) is 5.95 Å². The number of pyridine rings is 1. The summed E-state index contributed by atoms with van der Waals surface area (Å²) < 4.78 is 37.3. The fourth-order valence-electron chi connectivity index (χ4n) is 0.941. The van der Waals surface area contributed by atoms with E-state index in [-0.39, 0.29) is 22.7 Å². The topological polar surface area (TPSA) is 30.0 Å². The van der Waals surface area contributed by atoms with E-state index < -0.39 is 18.1 Å². The van der Waals surface area contributed by atoms with Crippen LogP contribution in [0.5, 0.6) is 0 Å². The van der Waals surface area contributed by atoms with Crippen LogP contribution in [0.4, 0.5) is 13.2 Å². The Balaban J connectivity index is 3.31. The molecule has 1 aromatic heterocycles. The minimum atomic E-state index is -2.84.